The van der Waals surface area contributed by atoms with Gasteiger partial charge in [0.15, 0.2) is 11.5 Å². The number of anilines is 2. The molecule has 0 N–H and O–H groups in total. The second kappa shape index (κ2) is 13.3. The first kappa shape index (κ1) is 31.2. The van der Waals surface area contributed by atoms with Gasteiger partial charge in [0.2, 0.25) is 11.8 Å². The topological polar surface area (TPSA) is 75.2 Å². The minimum absolute atomic E-state index is 0.0156. The number of nitrogens with zero attached hydrogens (tertiary/aromatic N) is 4. The molecule has 2 fully saturated rings. The molecule has 0 radical (unpaired) electrons. The molecule has 1 aromatic heterocycles. The van der Waals surface area contributed by atoms with E-state index in [2.05, 4.69) is 16.8 Å². The zero-order chi connectivity index (χ0) is 31.7. The van der Waals surface area contributed by atoms with Gasteiger partial charge in [0.25, 0.3) is 0 Å². The normalized spacial score (nSPS) is 21.7. The number of hydrogen-bond acceptors (Lipinski definition) is 6. The molecule has 3 heterocycles. The number of methoxy groups -OCH3 is 1. The van der Waals surface area contributed by atoms with E-state index in [0.29, 0.717) is 40.8 Å². The zero-order valence-electron chi connectivity index (χ0n) is 26.7. The molecule has 8 nitrogen and oxygen atoms in total. The Morgan fingerprint density at radius 1 is 1.00 bits per heavy atom. The average molecular weight is 631 g/mol. The molecule has 0 bridgehead atoms. The van der Waals surface area contributed by atoms with Gasteiger partial charge < -0.3 is 19.3 Å². The summed E-state index contributed by atoms with van der Waals surface area (Å²) in [5, 5.41) is 0.637. The van der Waals surface area contributed by atoms with Crippen LogP contribution in [0.1, 0.15) is 75.1 Å². The second-order valence-corrected chi connectivity index (χ2v) is 13.3. The van der Waals surface area contributed by atoms with E-state index in [4.69, 9.17) is 26.1 Å². The predicted molar refractivity (Wildman–Crippen MR) is 177 cm³/mol. The van der Waals surface area contributed by atoms with Crippen molar-refractivity contribution >= 4 is 34.9 Å². The molecular formula is C36H43ClN4O4. The molecule has 238 valence electrons. The van der Waals surface area contributed by atoms with Crippen molar-refractivity contribution in [3.05, 3.63) is 76.4 Å². The van der Waals surface area contributed by atoms with Gasteiger partial charge >= 0.3 is 0 Å². The monoisotopic (exact) mass is 630 g/mol. The first-order chi connectivity index (χ1) is 21.7. The third-order valence-corrected chi connectivity index (χ3v) is 9.69. The first-order valence-electron chi connectivity index (χ1n) is 16.1. The molecule has 3 aliphatic rings. The van der Waals surface area contributed by atoms with Gasteiger partial charge in [0.1, 0.15) is 5.82 Å². The fourth-order valence-electron chi connectivity index (χ4n) is 7.25. The van der Waals surface area contributed by atoms with Gasteiger partial charge in [0.05, 0.1) is 37.6 Å². The zero-order valence-corrected chi connectivity index (χ0v) is 27.4. The Morgan fingerprint density at radius 3 is 2.38 bits per heavy atom. The summed E-state index contributed by atoms with van der Waals surface area (Å²) in [6.45, 7) is 5.81. The Bertz CT molecular complexity index is 1520. The standard InChI is InChI=1S/C36H43ClN4O4/c1-23(2)45-32-20-30-26(18-31(32)44-4)19-35(43)41(36(30)25-9-11-27(37)12-10-25)29-15-16-33(38-21-29)39(3)22-24-7-13-28(14-8-24)40-17-5-6-34(40)42/h9-12,15-16,18,20-21,23-24,28,36H,5-8,13-14,17,19,22H2,1-4H3/t24?,28?,36-/m0/s1. The SMILES string of the molecule is COc1cc2c(cc1OC(C)C)[C@H](c1ccc(Cl)cc1)N(c1ccc(N(C)CC3CCC(N4CCCC4=O)CC3)nc1)C(=O)C2. The number of fused-ring (bicyclic) bond motifs is 1. The fraction of sp³-hybridized carbons (Fsp3) is 0.472. The number of rotatable bonds is 9. The van der Waals surface area contributed by atoms with Crippen LogP contribution in [-0.4, -0.2) is 61.1 Å². The smallest absolute Gasteiger partial charge is 0.232 e. The predicted octanol–water partition coefficient (Wildman–Crippen LogP) is 6.83. The highest BCUT2D eigenvalue weighted by Crippen LogP contribution is 2.44. The number of carbonyl (C=O) groups excluding carboxylic acids is 2. The maximum Gasteiger partial charge on any atom is 0.232 e. The summed E-state index contributed by atoms with van der Waals surface area (Å²) < 4.78 is 11.8. The summed E-state index contributed by atoms with van der Waals surface area (Å²) in [7, 11) is 3.70. The molecule has 45 heavy (non-hydrogen) atoms. The quantitative estimate of drug-likeness (QED) is 0.258. The van der Waals surface area contributed by atoms with Gasteiger partial charge in [-0.15, -0.1) is 0 Å². The van der Waals surface area contributed by atoms with E-state index in [0.717, 1.165) is 73.4 Å². The molecule has 6 rings (SSSR count). The highest BCUT2D eigenvalue weighted by Gasteiger charge is 2.37. The summed E-state index contributed by atoms with van der Waals surface area (Å²) in [4.78, 5) is 37.1. The van der Waals surface area contributed by atoms with Crippen LogP contribution >= 0.6 is 11.6 Å². The Balaban J connectivity index is 1.23. The van der Waals surface area contributed by atoms with Gasteiger partial charge in [-0.3, -0.25) is 14.5 Å². The summed E-state index contributed by atoms with van der Waals surface area (Å²) in [6.07, 6.45) is 8.13. The average Bonchev–Trinajstić information content (AvgIpc) is 3.46. The van der Waals surface area contributed by atoms with Crippen LogP contribution in [0.15, 0.2) is 54.7 Å². The third-order valence-electron chi connectivity index (χ3n) is 9.44. The lowest BCUT2D eigenvalue weighted by molar-refractivity contribution is -0.130. The van der Waals surface area contributed by atoms with E-state index in [-0.39, 0.29) is 24.5 Å². The molecule has 2 aliphatic heterocycles. The minimum Gasteiger partial charge on any atom is -0.493 e. The number of likely N-dealkylation sites (tertiary alicyclic amines) is 1. The molecule has 3 aromatic rings. The number of ether oxygens (including phenoxy) is 2. The Hall–Kier alpha value is -3.78. The van der Waals surface area contributed by atoms with Crippen molar-refractivity contribution in [2.24, 2.45) is 5.92 Å². The molecule has 1 saturated carbocycles. The van der Waals surface area contributed by atoms with Crippen LogP contribution in [0.25, 0.3) is 0 Å². The number of carbonyl (C=O) groups is 2. The van der Waals surface area contributed by atoms with Gasteiger partial charge in [-0.1, -0.05) is 23.7 Å². The van der Waals surface area contributed by atoms with Crippen LogP contribution < -0.4 is 19.3 Å². The largest absolute Gasteiger partial charge is 0.493 e. The fourth-order valence-corrected chi connectivity index (χ4v) is 7.38. The van der Waals surface area contributed by atoms with E-state index >= 15 is 0 Å². The highest BCUT2D eigenvalue weighted by atomic mass is 35.5. The Morgan fingerprint density at radius 2 is 1.76 bits per heavy atom. The number of hydrogen-bond donors (Lipinski definition) is 0. The highest BCUT2D eigenvalue weighted by molar-refractivity contribution is 6.30. The van der Waals surface area contributed by atoms with Crippen LogP contribution in [0.2, 0.25) is 5.02 Å². The number of pyridine rings is 1. The van der Waals surface area contributed by atoms with Crippen LogP contribution in [0.4, 0.5) is 11.5 Å². The van der Waals surface area contributed by atoms with Crippen molar-refractivity contribution < 1.29 is 19.1 Å². The molecule has 2 aromatic carbocycles. The lowest BCUT2D eigenvalue weighted by Crippen LogP contribution is -2.41. The maximum absolute atomic E-state index is 13.9. The summed E-state index contributed by atoms with van der Waals surface area (Å²) in [5.41, 5.74) is 3.58. The number of amides is 2. The van der Waals surface area contributed by atoms with Crippen molar-refractivity contribution in [2.75, 3.05) is 37.0 Å². The molecule has 0 unspecified atom stereocenters. The summed E-state index contributed by atoms with van der Waals surface area (Å²) in [6, 6.07) is 15.6. The van der Waals surface area contributed by atoms with Gasteiger partial charge in [-0.25, -0.2) is 4.98 Å². The molecule has 9 heteroatoms. The Labute approximate surface area is 271 Å². The molecular weight excluding hydrogens is 588 g/mol. The van der Waals surface area contributed by atoms with Gasteiger partial charge in [0, 0.05) is 37.6 Å². The van der Waals surface area contributed by atoms with Crippen LogP contribution in [-0.2, 0) is 16.0 Å². The van der Waals surface area contributed by atoms with Crippen LogP contribution in [0.5, 0.6) is 11.5 Å². The minimum atomic E-state index is -0.387. The van der Waals surface area contributed by atoms with Crippen molar-refractivity contribution in [1.29, 1.82) is 0 Å². The first-order valence-corrected chi connectivity index (χ1v) is 16.5. The van der Waals surface area contributed by atoms with E-state index in [1.54, 1.807) is 7.11 Å². The van der Waals surface area contributed by atoms with Gasteiger partial charge in [-0.05, 0) is 105 Å². The van der Waals surface area contributed by atoms with Crippen LogP contribution in [0, 0.1) is 5.92 Å². The van der Waals surface area contributed by atoms with E-state index < -0.39 is 0 Å². The number of halogens is 1. The van der Waals surface area contributed by atoms with Gasteiger partial charge in [-0.2, -0.15) is 0 Å². The van der Waals surface area contributed by atoms with Crippen molar-refractivity contribution in [3.63, 3.8) is 0 Å². The van der Waals surface area contributed by atoms with Crippen molar-refractivity contribution in [3.8, 4) is 11.5 Å². The van der Waals surface area contributed by atoms with E-state index in [1.165, 1.54) is 0 Å². The maximum atomic E-state index is 13.9. The summed E-state index contributed by atoms with van der Waals surface area (Å²) >= 11 is 6.27. The van der Waals surface area contributed by atoms with E-state index in [1.807, 2.05) is 73.5 Å². The van der Waals surface area contributed by atoms with Crippen molar-refractivity contribution in [1.82, 2.24) is 9.88 Å². The molecule has 0 spiro atoms. The van der Waals surface area contributed by atoms with Crippen LogP contribution in [0.3, 0.4) is 0 Å². The van der Waals surface area contributed by atoms with Crippen molar-refractivity contribution in [2.45, 2.75) is 77.0 Å². The molecule has 1 aliphatic carbocycles. The number of benzene rings is 2. The molecule has 1 atom stereocenters. The third kappa shape index (κ3) is 6.62. The lowest BCUT2D eigenvalue weighted by atomic mass is 9.85. The van der Waals surface area contributed by atoms with E-state index in [9.17, 15) is 9.59 Å². The second-order valence-electron chi connectivity index (χ2n) is 12.9. The summed E-state index contributed by atoms with van der Waals surface area (Å²) in [5.74, 6) is 3.03. The molecule has 2 amide bonds. The molecule has 1 saturated heterocycles. The Kier molecular flexibility index (Phi) is 9.22. The number of aromatic nitrogens is 1. The lowest BCUT2D eigenvalue weighted by Gasteiger charge is -2.38.